The summed E-state index contributed by atoms with van der Waals surface area (Å²) in [6, 6.07) is 24.8. The highest BCUT2D eigenvalue weighted by Crippen LogP contribution is 2.25. The number of thioether (sulfide) groups is 1. The van der Waals surface area contributed by atoms with Crippen LogP contribution in [0.1, 0.15) is 21.5 Å². The van der Waals surface area contributed by atoms with Gasteiger partial charge in [-0.1, -0.05) is 66.4 Å². The van der Waals surface area contributed by atoms with Gasteiger partial charge in [0.15, 0.2) is 5.16 Å². The molecule has 0 radical (unpaired) electrons. The van der Waals surface area contributed by atoms with Crippen LogP contribution < -0.4 is 5.43 Å². The molecule has 0 aliphatic rings. The van der Waals surface area contributed by atoms with Gasteiger partial charge in [-0.05, 0) is 35.4 Å². The topological polar surface area (TPSA) is 85.6 Å². The molecule has 33 heavy (non-hydrogen) atoms. The lowest BCUT2D eigenvalue weighted by Gasteiger charge is -2.09. The number of aromatic nitrogens is 2. The number of methoxy groups -OCH3 is 1. The highest BCUT2D eigenvalue weighted by molar-refractivity contribution is 7.99. The minimum Gasteiger partial charge on any atom is -0.465 e. The molecule has 1 amide bonds. The molecule has 0 aliphatic heterocycles. The first-order valence-corrected chi connectivity index (χ1v) is 11.2. The summed E-state index contributed by atoms with van der Waals surface area (Å²) in [5, 5.41) is 4.78. The Kier molecular flexibility index (Phi) is 7.16. The molecule has 1 heterocycles. The van der Waals surface area contributed by atoms with Gasteiger partial charge in [0.1, 0.15) is 0 Å². The van der Waals surface area contributed by atoms with Gasteiger partial charge in [0.2, 0.25) is 0 Å². The maximum absolute atomic E-state index is 12.3. The lowest BCUT2D eigenvalue weighted by Crippen LogP contribution is -2.20. The molecule has 4 aromatic rings. The monoisotopic (exact) mass is 458 g/mol. The number of rotatable bonds is 8. The molecule has 0 saturated carbocycles. The number of fused-ring (bicyclic) bond motifs is 1. The van der Waals surface area contributed by atoms with Crippen LogP contribution in [0.15, 0.2) is 89.1 Å². The Hall–Kier alpha value is -3.91. The molecule has 0 saturated heterocycles. The summed E-state index contributed by atoms with van der Waals surface area (Å²) in [4.78, 5) is 28.5. The van der Waals surface area contributed by atoms with Crippen LogP contribution >= 0.6 is 11.8 Å². The van der Waals surface area contributed by atoms with Crippen LogP contribution in [0.3, 0.4) is 0 Å². The molecule has 0 spiro atoms. The van der Waals surface area contributed by atoms with Crippen molar-refractivity contribution < 1.29 is 14.3 Å². The smallest absolute Gasteiger partial charge is 0.337 e. The number of carbonyl (C=O) groups excluding carboxylic acids is 2. The normalized spacial score (nSPS) is 11.1. The molecule has 1 aromatic heterocycles. The van der Waals surface area contributed by atoms with Crippen molar-refractivity contribution in [2.24, 2.45) is 5.10 Å². The van der Waals surface area contributed by atoms with E-state index in [2.05, 4.69) is 32.0 Å². The van der Waals surface area contributed by atoms with Crippen molar-refractivity contribution in [2.75, 3.05) is 12.9 Å². The molecule has 0 fully saturated rings. The molecule has 4 rings (SSSR count). The fraction of sp³-hybridized carbons (Fsp3) is 0.120. The van der Waals surface area contributed by atoms with E-state index in [1.807, 2.05) is 42.5 Å². The molecule has 0 bridgehead atoms. The Morgan fingerprint density at radius 1 is 1.03 bits per heavy atom. The fourth-order valence-electron chi connectivity index (χ4n) is 3.25. The van der Waals surface area contributed by atoms with Gasteiger partial charge in [-0.3, -0.25) is 4.79 Å². The average Bonchev–Trinajstić information content (AvgIpc) is 3.20. The van der Waals surface area contributed by atoms with Gasteiger partial charge < -0.3 is 9.30 Å². The Morgan fingerprint density at radius 3 is 2.52 bits per heavy atom. The van der Waals surface area contributed by atoms with E-state index in [9.17, 15) is 9.59 Å². The predicted molar refractivity (Wildman–Crippen MR) is 130 cm³/mol. The van der Waals surface area contributed by atoms with Gasteiger partial charge in [-0.2, -0.15) is 5.10 Å². The third-order valence-electron chi connectivity index (χ3n) is 4.87. The number of esters is 1. The molecular formula is C25H22N4O3S. The first kappa shape index (κ1) is 22.3. The van der Waals surface area contributed by atoms with Gasteiger partial charge >= 0.3 is 5.97 Å². The van der Waals surface area contributed by atoms with Crippen molar-refractivity contribution in [3.63, 3.8) is 0 Å². The van der Waals surface area contributed by atoms with E-state index < -0.39 is 5.97 Å². The van der Waals surface area contributed by atoms with Crippen LogP contribution in [0, 0.1) is 0 Å². The summed E-state index contributed by atoms with van der Waals surface area (Å²) in [5.74, 6) is -0.459. The number of benzene rings is 3. The molecule has 7 nitrogen and oxygen atoms in total. The third kappa shape index (κ3) is 5.67. The summed E-state index contributed by atoms with van der Waals surface area (Å²) >= 11 is 1.37. The highest BCUT2D eigenvalue weighted by atomic mass is 32.2. The van der Waals surface area contributed by atoms with Crippen LogP contribution in [0.2, 0.25) is 0 Å². The van der Waals surface area contributed by atoms with Crippen LogP contribution in [0.5, 0.6) is 0 Å². The van der Waals surface area contributed by atoms with Crippen LogP contribution in [0.4, 0.5) is 0 Å². The van der Waals surface area contributed by atoms with E-state index in [-0.39, 0.29) is 11.7 Å². The van der Waals surface area contributed by atoms with Crippen molar-refractivity contribution in [3.8, 4) is 0 Å². The molecule has 0 aliphatic carbocycles. The number of ether oxygens (including phenoxy) is 1. The molecule has 166 valence electrons. The Labute approximate surface area is 195 Å². The van der Waals surface area contributed by atoms with E-state index >= 15 is 0 Å². The number of amides is 1. The molecule has 3 aromatic carbocycles. The fourth-order valence-corrected chi connectivity index (χ4v) is 4.05. The number of hydrazone groups is 1. The number of para-hydroxylation sites is 2. The minimum absolute atomic E-state index is 0.177. The van der Waals surface area contributed by atoms with E-state index in [1.54, 1.807) is 24.3 Å². The van der Waals surface area contributed by atoms with Crippen molar-refractivity contribution in [1.82, 2.24) is 15.0 Å². The van der Waals surface area contributed by atoms with Crippen LogP contribution in [-0.4, -0.2) is 40.5 Å². The van der Waals surface area contributed by atoms with Crippen molar-refractivity contribution in [2.45, 2.75) is 11.7 Å². The standard InChI is InChI=1S/C25H22N4O3S/c1-32-24(31)20-13-11-18(12-14-20)15-26-28-23(30)17-33-25-27-21-9-5-6-10-22(21)29(25)16-19-7-3-2-4-8-19/h2-15H,16-17H2,1H3,(H,28,30). The SMILES string of the molecule is COC(=O)c1ccc(C=NNC(=O)CSc2nc3ccccc3n2Cc2ccccc2)cc1. The van der Waals surface area contributed by atoms with E-state index in [0.29, 0.717) is 12.1 Å². The lowest BCUT2D eigenvalue weighted by atomic mass is 10.1. The highest BCUT2D eigenvalue weighted by Gasteiger charge is 2.13. The first-order valence-electron chi connectivity index (χ1n) is 10.3. The molecular weight excluding hydrogens is 436 g/mol. The largest absolute Gasteiger partial charge is 0.465 e. The second kappa shape index (κ2) is 10.6. The minimum atomic E-state index is -0.401. The lowest BCUT2D eigenvalue weighted by molar-refractivity contribution is -0.118. The third-order valence-corrected chi connectivity index (χ3v) is 5.85. The number of hydrogen-bond donors (Lipinski definition) is 1. The second-order valence-corrected chi connectivity index (χ2v) is 8.09. The zero-order chi connectivity index (χ0) is 23.0. The molecule has 0 unspecified atom stereocenters. The average molecular weight is 459 g/mol. The van der Waals surface area contributed by atoms with Gasteiger partial charge in [0.25, 0.3) is 5.91 Å². The Balaban J connectivity index is 1.39. The van der Waals surface area contributed by atoms with Gasteiger partial charge in [-0.15, -0.1) is 0 Å². The van der Waals surface area contributed by atoms with E-state index in [4.69, 9.17) is 4.98 Å². The quantitative estimate of drug-likeness (QED) is 0.186. The van der Waals surface area contributed by atoms with Gasteiger partial charge in [0.05, 0.1) is 42.2 Å². The van der Waals surface area contributed by atoms with E-state index in [1.165, 1.54) is 25.1 Å². The van der Waals surface area contributed by atoms with Crippen molar-refractivity contribution >= 4 is 40.9 Å². The number of imidazole rings is 1. The summed E-state index contributed by atoms with van der Waals surface area (Å²) in [6.07, 6.45) is 1.52. The van der Waals surface area contributed by atoms with E-state index in [0.717, 1.165) is 27.3 Å². The number of hydrogen-bond acceptors (Lipinski definition) is 6. The zero-order valence-electron chi connectivity index (χ0n) is 18.0. The summed E-state index contributed by atoms with van der Waals surface area (Å²) in [7, 11) is 1.34. The molecule has 1 N–H and O–H groups in total. The number of nitrogens with zero attached hydrogens (tertiary/aromatic N) is 3. The summed E-state index contributed by atoms with van der Waals surface area (Å²) < 4.78 is 6.79. The second-order valence-electron chi connectivity index (χ2n) is 7.15. The number of nitrogens with one attached hydrogen (secondary N) is 1. The summed E-state index contributed by atoms with van der Waals surface area (Å²) in [5.41, 5.74) is 6.82. The van der Waals surface area contributed by atoms with Gasteiger partial charge in [-0.25, -0.2) is 15.2 Å². The van der Waals surface area contributed by atoms with Crippen molar-refractivity contribution in [3.05, 3.63) is 95.6 Å². The Bertz CT molecular complexity index is 1280. The molecule has 0 atom stereocenters. The molecule has 8 heteroatoms. The maximum Gasteiger partial charge on any atom is 0.337 e. The first-order chi connectivity index (χ1) is 16.1. The number of carbonyl (C=O) groups is 2. The Morgan fingerprint density at radius 2 is 1.76 bits per heavy atom. The predicted octanol–water partition coefficient (Wildman–Crippen LogP) is 4.11. The van der Waals surface area contributed by atoms with Crippen molar-refractivity contribution in [1.29, 1.82) is 0 Å². The summed E-state index contributed by atoms with van der Waals surface area (Å²) in [6.45, 7) is 0.672. The maximum atomic E-state index is 12.3. The van der Waals surface area contributed by atoms with Crippen LogP contribution in [0.25, 0.3) is 11.0 Å². The van der Waals surface area contributed by atoms with Gasteiger partial charge in [0, 0.05) is 0 Å². The van der Waals surface area contributed by atoms with Crippen LogP contribution in [-0.2, 0) is 16.1 Å². The zero-order valence-corrected chi connectivity index (χ0v) is 18.8.